The molecule has 0 spiro atoms. The van der Waals surface area contributed by atoms with Gasteiger partial charge in [0.2, 0.25) is 5.91 Å². The molecule has 3 nitrogen and oxygen atoms in total. The normalized spacial score (nSPS) is 17.7. The third-order valence-corrected chi connectivity index (χ3v) is 4.91. The zero-order chi connectivity index (χ0) is 12.5. The third kappa shape index (κ3) is 3.95. The van der Waals surface area contributed by atoms with E-state index < -0.39 is 0 Å². The van der Waals surface area contributed by atoms with Gasteiger partial charge in [0.15, 0.2) is 0 Å². The van der Waals surface area contributed by atoms with Crippen LogP contribution in [0.3, 0.4) is 0 Å². The SMILES string of the molecule is CC(CN)(NC(=O)Cc1ccc(Br)s1)C1CC1.Cl. The van der Waals surface area contributed by atoms with Gasteiger partial charge < -0.3 is 11.1 Å². The summed E-state index contributed by atoms with van der Waals surface area (Å²) >= 11 is 5.00. The van der Waals surface area contributed by atoms with Crippen molar-refractivity contribution in [3.63, 3.8) is 0 Å². The summed E-state index contributed by atoms with van der Waals surface area (Å²) in [6.45, 7) is 2.56. The summed E-state index contributed by atoms with van der Waals surface area (Å²) in [6.07, 6.45) is 2.80. The molecule has 1 saturated carbocycles. The molecule has 2 rings (SSSR count). The van der Waals surface area contributed by atoms with Gasteiger partial charge in [0.05, 0.1) is 15.7 Å². The number of halogens is 2. The number of nitrogens with one attached hydrogen (secondary N) is 1. The second kappa shape index (κ2) is 6.37. The molecule has 1 aliphatic carbocycles. The first-order valence-corrected chi connectivity index (χ1v) is 7.40. The Morgan fingerprint density at radius 3 is 2.72 bits per heavy atom. The third-order valence-electron chi connectivity index (χ3n) is 3.29. The Morgan fingerprint density at radius 2 is 2.28 bits per heavy atom. The number of nitrogens with two attached hydrogens (primary N) is 1. The van der Waals surface area contributed by atoms with Crippen LogP contribution >= 0.6 is 39.7 Å². The quantitative estimate of drug-likeness (QED) is 0.855. The van der Waals surface area contributed by atoms with E-state index in [4.69, 9.17) is 5.73 Å². The largest absolute Gasteiger partial charge is 0.349 e. The monoisotopic (exact) mass is 352 g/mol. The number of amides is 1. The number of hydrogen-bond acceptors (Lipinski definition) is 3. The Kier molecular flexibility index (Phi) is 5.65. The summed E-state index contributed by atoms with van der Waals surface area (Å²) in [6, 6.07) is 3.95. The molecule has 1 amide bonds. The maximum atomic E-state index is 12.0. The highest BCUT2D eigenvalue weighted by Gasteiger charge is 2.41. The summed E-state index contributed by atoms with van der Waals surface area (Å²) in [5.41, 5.74) is 5.56. The lowest BCUT2D eigenvalue weighted by Crippen LogP contribution is -2.53. The van der Waals surface area contributed by atoms with Gasteiger partial charge >= 0.3 is 0 Å². The first kappa shape index (κ1) is 16.0. The van der Waals surface area contributed by atoms with E-state index >= 15 is 0 Å². The van der Waals surface area contributed by atoms with Crippen molar-refractivity contribution in [2.75, 3.05) is 6.54 Å². The number of carbonyl (C=O) groups is 1. The molecule has 1 fully saturated rings. The fourth-order valence-corrected chi connectivity index (χ4v) is 3.49. The van der Waals surface area contributed by atoms with Gasteiger partial charge in [-0.3, -0.25) is 4.79 Å². The van der Waals surface area contributed by atoms with Crippen LogP contribution in [0.25, 0.3) is 0 Å². The highest BCUT2D eigenvalue weighted by atomic mass is 79.9. The molecule has 6 heteroatoms. The van der Waals surface area contributed by atoms with Crippen molar-refractivity contribution in [3.05, 3.63) is 20.8 Å². The Bertz CT molecular complexity index is 422. The van der Waals surface area contributed by atoms with Crippen LogP contribution in [0.4, 0.5) is 0 Å². The molecule has 1 aromatic heterocycles. The van der Waals surface area contributed by atoms with E-state index in [1.165, 1.54) is 12.8 Å². The molecule has 1 aliphatic rings. The molecule has 1 unspecified atom stereocenters. The smallest absolute Gasteiger partial charge is 0.225 e. The van der Waals surface area contributed by atoms with E-state index in [0.717, 1.165) is 8.66 Å². The van der Waals surface area contributed by atoms with E-state index in [0.29, 0.717) is 18.9 Å². The van der Waals surface area contributed by atoms with Gasteiger partial charge in [0, 0.05) is 11.4 Å². The molecule has 102 valence electrons. The van der Waals surface area contributed by atoms with Gasteiger partial charge in [-0.1, -0.05) is 0 Å². The summed E-state index contributed by atoms with van der Waals surface area (Å²) in [7, 11) is 0. The minimum Gasteiger partial charge on any atom is -0.349 e. The molecular weight excluding hydrogens is 336 g/mol. The molecule has 1 heterocycles. The summed E-state index contributed by atoms with van der Waals surface area (Å²) in [5, 5.41) is 3.09. The van der Waals surface area contributed by atoms with Crippen molar-refractivity contribution in [1.29, 1.82) is 0 Å². The Balaban J connectivity index is 0.00000162. The first-order chi connectivity index (χ1) is 8.03. The lowest BCUT2D eigenvalue weighted by molar-refractivity contribution is -0.122. The van der Waals surface area contributed by atoms with Crippen LogP contribution in [-0.2, 0) is 11.2 Å². The van der Waals surface area contributed by atoms with Crippen LogP contribution < -0.4 is 11.1 Å². The molecule has 0 bridgehead atoms. The number of carbonyl (C=O) groups excluding carboxylic acids is 1. The lowest BCUT2D eigenvalue weighted by atomic mass is 9.96. The summed E-state index contributed by atoms with van der Waals surface area (Å²) < 4.78 is 1.06. The van der Waals surface area contributed by atoms with Gasteiger partial charge in [-0.15, -0.1) is 23.7 Å². The average Bonchev–Trinajstić information content (AvgIpc) is 3.04. The van der Waals surface area contributed by atoms with Gasteiger partial charge in [-0.2, -0.15) is 0 Å². The molecule has 18 heavy (non-hydrogen) atoms. The average molecular weight is 354 g/mol. The summed E-state index contributed by atoms with van der Waals surface area (Å²) in [5.74, 6) is 0.630. The highest BCUT2D eigenvalue weighted by molar-refractivity contribution is 9.11. The van der Waals surface area contributed by atoms with Crippen molar-refractivity contribution in [2.24, 2.45) is 11.7 Å². The zero-order valence-electron chi connectivity index (χ0n) is 10.2. The zero-order valence-corrected chi connectivity index (χ0v) is 13.5. The van der Waals surface area contributed by atoms with Crippen LogP contribution in [0.2, 0.25) is 0 Å². The Labute approximate surface area is 126 Å². The molecular formula is C12H18BrClN2OS. The van der Waals surface area contributed by atoms with Crippen molar-refractivity contribution in [2.45, 2.75) is 31.7 Å². The van der Waals surface area contributed by atoms with Gasteiger partial charge in [0.1, 0.15) is 0 Å². The number of thiophene rings is 1. The molecule has 0 aromatic carbocycles. The number of hydrogen-bond donors (Lipinski definition) is 2. The van der Waals surface area contributed by atoms with E-state index in [9.17, 15) is 4.79 Å². The van der Waals surface area contributed by atoms with E-state index in [1.807, 2.05) is 19.1 Å². The second-order valence-corrected chi connectivity index (χ2v) is 7.37. The van der Waals surface area contributed by atoms with Gasteiger partial charge in [-0.25, -0.2) is 0 Å². The predicted octanol–water partition coefficient (Wildman–Crippen LogP) is 2.72. The van der Waals surface area contributed by atoms with Crippen molar-refractivity contribution < 1.29 is 4.79 Å². The van der Waals surface area contributed by atoms with Crippen molar-refractivity contribution >= 4 is 45.6 Å². The molecule has 0 saturated heterocycles. The topological polar surface area (TPSA) is 55.1 Å². The van der Waals surface area contributed by atoms with Crippen LogP contribution in [0.15, 0.2) is 15.9 Å². The minimum atomic E-state index is -0.217. The molecule has 1 atom stereocenters. The van der Waals surface area contributed by atoms with Crippen molar-refractivity contribution in [3.8, 4) is 0 Å². The van der Waals surface area contributed by atoms with E-state index in [2.05, 4.69) is 21.2 Å². The Morgan fingerprint density at radius 1 is 1.61 bits per heavy atom. The van der Waals surface area contributed by atoms with Crippen LogP contribution in [-0.4, -0.2) is 18.0 Å². The fraction of sp³-hybridized carbons (Fsp3) is 0.583. The predicted molar refractivity (Wildman–Crippen MR) is 81.3 cm³/mol. The second-order valence-electron chi connectivity index (χ2n) is 4.83. The minimum absolute atomic E-state index is 0. The van der Waals surface area contributed by atoms with Crippen LogP contribution in [0.5, 0.6) is 0 Å². The number of rotatable bonds is 5. The molecule has 0 radical (unpaired) electrons. The van der Waals surface area contributed by atoms with Gasteiger partial charge in [-0.05, 0) is 53.7 Å². The highest BCUT2D eigenvalue weighted by Crippen LogP contribution is 2.39. The summed E-state index contributed by atoms with van der Waals surface area (Å²) in [4.78, 5) is 13.0. The molecule has 0 aliphatic heterocycles. The van der Waals surface area contributed by atoms with Crippen LogP contribution in [0.1, 0.15) is 24.6 Å². The fourth-order valence-electron chi connectivity index (χ4n) is 2.01. The lowest BCUT2D eigenvalue weighted by Gasteiger charge is -2.29. The molecule has 1 aromatic rings. The standard InChI is InChI=1S/C12H17BrN2OS.ClH/c1-12(7-14,8-2-3-8)15-11(16)6-9-4-5-10(13)17-9;/h4-5,8H,2-3,6-7,14H2,1H3,(H,15,16);1H. The van der Waals surface area contributed by atoms with E-state index in [1.54, 1.807) is 11.3 Å². The first-order valence-electron chi connectivity index (χ1n) is 5.79. The Hall–Kier alpha value is -0.100. The maximum absolute atomic E-state index is 12.0. The maximum Gasteiger partial charge on any atom is 0.225 e. The molecule has 3 N–H and O–H groups in total. The van der Waals surface area contributed by atoms with Crippen molar-refractivity contribution in [1.82, 2.24) is 5.32 Å². The van der Waals surface area contributed by atoms with E-state index in [-0.39, 0.29) is 23.9 Å². The van der Waals surface area contributed by atoms with Gasteiger partial charge in [0.25, 0.3) is 0 Å². The van der Waals surface area contributed by atoms with Crippen LogP contribution in [0, 0.1) is 5.92 Å².